The molecule has 47 heavy (non-hydrogen) atoms. The molecule has 3 aromatic rings. The van der Waals surface area contributed by atoms with Gasteiger partial charge in [-0.3, -0.25) is 4.79 Å². The molecule has 5 aliphatic heterocycles. The summed E-state index contributed by atoms with van der Waals surface area (Å²) >= 11 is 0. The Hall–Kier alpha value is -4.13. The number of rotatable bonds is 6. The molecule has 0 radical (unpaired) electrons. The van der Waals surface area contributed by atoms with E-state index >= 15 is 0 Å². The zero-order chi connectivity index (χ0) is 32.6. The number of nitrogens with zero attached hydrogens (tertiary/aromatic N) is 2. The summed E-state index contributed by atoms with van der Waals surface area (Å²) in [4.78, 5) is 29.0. The molecule has 0 unspecified atom stereocenters. The minimum Gasteiger partial charge on any atom is -0.478 e. The quantitative estimate of drug-likeness (QED) is 0.285. The van der Waals surface area contributed by atoms with Gasteiger partial charge in [0, 0.05) is 71.2 Å². The van der Waals surface area contributed by atoms with Gasteiger partial charge in [-0.05, 0) is 85.3 Å². The van der Waals surface area contributed by atoms with Gasteiger partial charge in [-0.25, -0.2) is 9.37 Å². The van der Waals surface area contributed by atoms with Crippen LogP contribution >= 0.6 is 0 Å². The first-order chi connectivity index (χ1) is 22.6. The van der Waals surface area contributed by atoms with Gasteiger partial charge in [-0.2, -0.15) is 0 Å². The van der Waals surface area contributed by atoms with Crippen LogP contribution in [-0.2, 0) is 25.7 Å². The molecule has 0 saturated heterocycles. The molecule has 7 nitrogen and oxygen atoms in total. The predicted octanol–water partition coefficient (Wildman–Crippen LogP) is 5.23. The SMILES string of the molecule is CC(C)C(C)(C)CNC(=O)c1ccc(C2=c3cc4c5c(c3Oc3c2cc2c6c3CCCN6CCC2)CCC[N+]=5CCC4)c(C(=O)O)c1. The van der Waals surface area contributed by atoms with E-state index in [0.29, 0.717) is 23.6 Å². The number of carboxylic acid groups (broad SMARTS) is 1. The number of carboxylic acids is 1. The Bertz CT molecular complexity index is 1980. The number of fused-ring (bicyclic) bond motifs is 4. The highest BCUT2D eigenvalue weighted by molar-refractivity contribution is 6.03. The average molecular weight is 633 g/mol. The first-order valence-electron chi connectivity index (χ1n) is 17.7. The summed E-state index contributed by atoms with van der Waals surface area (Å²) in [5, 5.41) is 16.1. The van der Waals surface area contributed by atoms with Crippen molar-refractivity contribution in [1.29, 1.82) is 0 Å². The van der Waals surface area contributed by atoms with Crippen molar-refractivity contribution in [2.75, 3.05) is 37.6 Å². The molecule has 0 fully saturated rings. The van der Waals surface area contributed by atoms with Crippen LogP contribution in [0.15, 0.2) is 30.3 Å². The molecule has 2 N–H and O–H groups in total. The standard InChI is InChI=1S/C40H45N3O4/c1-23(2)40(3,4)22-41-38(44)26-13-14-27(30(21-26)39(45)46)33-31-19-24-9-5-15-42-17-7-11-28(34(24)42)36(31)47-37-29-12-8-18-43-16-6-10-25(35(29)43)20-32(33)37/h13-14,19-21,23H,5-12,15-18,22H2,1-4H3,(H-,41,44,45,46)/p+1. The van der Waals surface area contributed by atoms with E-state index in [1.165, 1.54) is 33.3 Å². The number of carbonyl (C=O) groups is 2. The predicted molar refractivity (Wildman–Crippen MR) is 185 cm³/mol. The second kappa shape index (κ2) is 11.2. The molecule has 244 valence electrons. The highest BCUT2D eigenvalue weighted by Crippen LogP contribution is 2.48. The number of nitrogens with one attached hydrogen (secondary N) is 1. The summed E-state index contributed by atoms with van der Waals surface area (Å²) in [5.74, 6) is 0.904. The van der Waals surface area contributed by atoms with Gasteiger partial charge in [0.2, 0.25) is 5.36 Å². The molecule has 0 bridgehead atoms. The molecule has 5 aliphatic rings. The van der Waals surface area contributed by atoms with Crippen LogP contribution in [0.2, 0.25) is 0 Å². The molecule has 5 heterocycles. The summed E-state index contributed by atoms with van der Waals surface area (Å²) < 4.78 is 9.66. The highest BCUT2D eigenvalue weighted by atomic mass is 16.5. The van der Waals surface area contributed by atoms with Crippen LogP contribution in [0.3, 0.4) is 0 Å². The van der Waals surface area contributed by atoms with Gasteiger partial charge >= 0.3 is 5.97 Å². The third kappa shape index (κ3) is 4.87. The highest BCUT2D eigenvalue weighted by Gasteiger charge is 2.36. The zero-order valence-corrected chi connectivity index (χ0v) is 28.2. The Morgan fingerprint density at radius 2 is 1.64 bits per heavy atom. The summed E-state index contributed by atoms with van der Waals surface area (Å²) in [6, 6.07) is 9.83. The Morgan fingerprint density at radius 3 is 2.40 bits per heavy atom. The van der Waals surface area contributed by atoms with E-state index in [1.807, 2.05) is 6.07 Å². The molecular weight excluding hydrogens is 586 g/mol. The van der Waals surface area contributed by atoms with Crippen LogP contribution in [0.25, 0.3) is 5.57 Å². The van der Waals surface area contributed by atoms with E-state index in [-0.39, 0.29) is 16.9 Å². The van der Waals surface area contributed by atoms with Gasteiger partial charge in [0.05, 0.1) is 11.1 Å². The van der Waals surface area contributed by atoms with Crippen LogP contribution < -0.4 is 30.1 Å². The minimum absolute atomic E-state index is 0.0827. The fourth-order valence-electron chi connectivity index (χ4n) is 8.50. The average Bonchev–Trinajstić information content (AvgIpc) is 3.07. The lowest BCUT2D eigenvalue weighted by atomic mass is 9.81. The maximum Gasteiger partial charge on any atom is 0.336 e. The number of aromatic carboxylic acids is 1. The Labute approximate surface area is 277 Å². The van der Waals surface area contributed by atoms with E-state index in [1.54, 1.807) is 12.1 Å². The molecule has 3 aromatic carbocycles. The molecule has 0 aliphatic carbocycles. The topological polar surface area (TPSA) is 81.9 Å². The Kier molecular flexibility index (Phi) is 7.23. The van der Waals surface area contributed by atoms with Crippen molar-refractivity contribution in [3.05, 3.63) is 85.4 Å². The van der Waals surface area contributed by atoms with Crippen molar-refractivity contribution in [3.63, 3.8) is 0 Å². The molecule has 0 saturated carbocycles. The van der Waals surface area contributed by atoms with E-state index in [4.69, 9.17) is 4.74 Å². The maximum absolute atomic E-state index is 13.4. The fourth-order valence-corrected chi connectivity index (χ4v) is 8.50. The largest absolute Gasteiger partial charge is 0.478 e. The van der Waals surface area contributed by atoms with Gasteiger partial charge in [-0.1, -0.05) is 33.8 Å². The maximum atomic E-state index is 13.4. The third-order valence-corrected chi connectivity index (χ3v) is 11.7. The first-order valence-corrected chi connectivity index (χ1v) is 17.7. The number of carbonyl (C=O) groups excluding carboxylic acids is 1. The van der Waals surface area contributed by atoms with Crippen molar-refractivity contribution in [1.82, 2.24) is 9.89 Å². The number of amides is 1. The van der Waals surface area contributed by atoms with Crippen molar-refractivity contribution in [3.8, 4) is 11.5 Å². The minimum atomic E-state index is -1.03. The van der Waals surface area contributed by atoms with E-state index in [0.717, 1.165) is 105 Å². The second-order valence-electron chi connectivity index (χ2n) is 15.2. The van der Waals surface area contributed by atoms with Crippen molar-refractivity contribution >= 4 is 23.1 Å². The molecule has 8 rings (SSSR count). The number of ether oxygens (including phenoxy) is 1. The van der Waals surface area contributed by atoms with Crippen LogP contribution in [0.5, 0.6) is 11.5 Å². The van der Waals surface area contributed by atoms with Gasteiger partial charge in [0.15, 0.2) is 0 Å². The summed E-state index contributed by atoms with van der Waals surface area (Å²) in [5.41, 5.74) is 9.54. The van der Waals surface area contributed by atoms with Gasteiger partial charge in [-0.15, -0.1) is 0 Å². The smallest absolute Gasteiger partial charge is 0.336 e. The Morgan fingerprint density at radius 1 is 0.915 bits per heavy atom. The van der Waals surface area contributed by atoms with Crippen LogP contribution in [0.4, 0.5) is 5.69 Å². The molecule has 0 spiro atoms. The first kappa shape index (κ1) is 30.2. The Balaban J connectivity index is 1.37. The number of hydrogen-bond donors (Lipinski definition) is 2. The monoisotopic (exact) mass is 632 g/mol. The van der Waals surface area contributed by atoms with Crippen LogP contribution in [-0.4, -0.2) is 49.7 Å². The lowest BCUT2D eigenvalue weighted by molar-refractivity contribution is 0.0696. The van der Waals surface area contributed by atoms with Gasteiger partial charge in [0.25, 0.3) is 5.91 Å². The lowest BCUT2D eigenvalue weighted by Gasteiger charge is -2.39. The summed E-state index contributed by atoms with van der Waals surface area (Å²) in [6.45, 7) is 13.4. The number of aryl methyl sites for hydroxylation is 2. The van der Waals surface area contributed by atoms with Crippen molar-refractivity contribution in [2.24, 2.45) is 11.3 Å². The molecule has 0 aromatic heterocycles. The molecule has 1 amide bonds. The normalized spacial score (nSPS) is 17.8. The second-order valence-corrected chi connectivity index (χ2v) is 15.2. The summed E-state index contributed by atoms with van der Waals surface area (Å²) in [6.07, 6.45) is 8.31. The van der Waals surface area contributed by atoms with E-state index in [9.17, 15) is 14.7 Å². The zero-order valence-electron chi connectivity index (χ0n) is 28.2. The van der Waals surface area contributed by atoms with E-state index < -0.39 is 5.97 Å². The van der Waals surface area contributed by atoms with Crippen LogP contribution in [0.1, 0.15) is 107 Å². The third-order valence-electron chi connectivity index (χ3n) is 11.7. The number of benzene rings is 3. The van der Waals surface area contributed by atoms with Gasteiger partial charge < -0.3 is 20.1 Å². The van der Waals surface area contributed by atoms with Crippen molar-refractivity contribution in [2.45, 2.75) is 79.1 Å². The van der Waals surface area contributed by atoms with Crippen LogP contribution in [0, 0.1) is 11.3 Å². The summed E-state index contributed by atoms with van der Waals surface area (Å²) in [7, 11) is 0. The fraction of sp³-hybridized carbons (Fsp3) is 0.475. The van der Waals surface area contributed by atoms with Gasteiger partial charge in [0.1, 0.15) is 24.6 Å². The molecule has 0 atom stereocenters. The number of hydrogen-bond acceptors (Lipinski definition) is 4. The molecule has 7 heteroatoms. The lowest BCUT2D eigenvalue weighted by Crippen LogP contribution is -2.45. The number of anilines is 1. The molecular formula is C40H46N3O4+. The van der Waals surface area contributed by atoms with Crippen molar-refractivity contribution < 1.29 is 19.4 Å². The van der Waals surface area contributed by atoms with E-state index in [2.05, 4.69) is 54.6 Å².